The fraction of sp³-hybridized carbons (Fsp3) is 0.458. The molecule has 0 aromatic heterocycles. The van der Waals surface area contributed by atoms with E-state index in [-0.39, 0.29) is 6.04 Å². The molecule has 1 atom stereocenters. The number of benzene rings is 2. The molecule has 1 unspecified atom stereocenters. The average molecular weight is 448 g/mol. The summed E-state index contributed by atoms with van der Waals surface area (Å²) in [6.45, 7) is 1.89. The molecular formula is C24H27F3N2O3. The Morgan fingerprint density at radius 1 is 0.906 bits per heavy atom. The fourth-order valence-electron chi connectivity index (χ4n) is 4.70. The first kappa shape index (κ1) is 22.5. The van der Waals surface area contributed by atoms with Crippen molar-refractivity contribution in [3.63, 3.8) is 0 Å². The van der Waals surface area contributed by atoms with Crippen LogP contribution in [0.15, 0.2) is 48.5 Å². The molecule has 2 fully saturated rings. The predicted molar refractivity (Wildman–Crippen MR) is 114 cm³/mol. The number of hydrogen-bond acceptors (Lipinski definition) is 3. The van der Waals surface area contributed by atoms with Gasteiger partial charge in [-0.15, -0.1) is 0 Å². The molecule has 1 N–H and O–H groups in total. The van der Waals surface area contributed by atoms with Gasteiger partial charge in [-0.3, -0.25) is 9.80 Å². The van der Waals surface area contributed by atoms with Gasteiger partial charge in [0.25, 0.3) is 0 Å². The first-order chi connectivity index (χ1) is 15.3. The maximum Gasteiger partial charge on any atom is 0.416 e. The van der Waals surface area contributed by atoms with Gasteiger partial charge in [0.05, 0.1) is 11.6 Å². The van der Waals surface area contributed by atoms with Gasteiger partial charge in [-0.05, 0) is 54.8 Å². The number of amides is 1. The van der Waals surface area contributed by atoms with Gasteiger partial charge in [-0.2, -0.15) is 13.2 Å². The summed E-state index contributed by atoms with van der Waals surface area (Å²) in [6, 6.07) is 11.9. The maximum absolute atomic E-state index is 12.7. The van der Waals surface area contributed by atoms with E-state index >= 15 is 0 Å². The van der Waals surface area contributed by atoms with Gasteiger partial charge in [0, 0.05) is 25.7 Å². The van der Waals surface area contributed by atoms with E-state index in [0.717, 1.165) is 24.2 Å². The number of carboxylic acid groups (broad SMARTS) is 1. The zero-order valence-corrected chi connectivity index (χ0v) is 17.7. The zero-order valence-electron chi connectivity index (χ0n) is 17.7. The molecule has 172 valence electrons. The van der Waals surface area contributed by atoms with Crippen molar-refractivity contribution in [3.8, 4) is 11.5 Å². The Kier molecular flexibility index (Phi) is 6.60. The number of piperazine rings is 1. The summed E-state index contributed by atoms with van der Waals surface area (Å²) in [7, 11) is 0. The van der Waals surface area contributed by atoms with E-state index in [1.165, 1.54) is 49.1 Å². The summed E-state index contributed by atoms with van der Waals surface area (Å²) >= 11 is 0. The Hall–Kier alpha value is -2.74. The molecule has 2 aliphatic rings. The van der Waals surface area contributed by atoms with Gasteiger partial charge in [0.1, 0.15) is 11.5 Å². The van der Waals surface area contributed by atoms with Crippen LogP contribution in [0.5, 0.6) is 11.5 Å². The minimum atomic E-state index is -4.39. The molecule has 1 saturated heterocycles. The lowest BCUT2D eigenvalue weighted by Crippen LogP contribution is -2.53. The monoisotopic (exact) mass is 448 g/mol. The molecule has 4 rings (SSSR count). The van der Waals surface area contributed by atoms with Gasteiger partial charge in [0.2, 0.25) is 0 Å². The minimum Gasteiger partial charge on any atom is -0.465 e. The summed E-state index contributed by atoms with van der Waals surface area (Å²) in [5.74, 6) is 0.786. The van der Waals surface area contributed by atoms with E-state index in [0.29, 0.717) is 30.6 Å². The van der Waals surface area contributed by atoms with Crippen LogP contribution in [-0.4, -0.2) is 46.7 Å². The Morgan fingerprint density at radius 2 is 1.50 bits per heavy atom. The van der Waals surface area contributed by atoms with E-state index in [9.17, 15) is 23.1 Å². The normalized spacial score (nSPS) is 20.8. The number of rotatable bonds is 4. The quantitative estimate of drug-likeness (QED) is 0.608. The second kappa shape index (κ2) is 9.40. The highest BCUT2D eigenvalue weighted by Gasteiger charge is 2.34. The number of carbonyl (C=O) groups is 1. The minimum absolute atomic E-state index is 0.261. The molecule has 1 amide bonds. The number of nitrogens with zero attached hydrogens (tertiary/aromatic N) is 2. The smallest absolute Gasteiger partial charge is 0.416 e. The van der Waals surface area contributed by atoms with Crippen LogP contribution in [0.2, 0.25) is 0 Å². The fourth-order valence-corrected chi connectivity index (χ4v) is 4.70. The molecule has 5 nitrogen and oxygen atoms in total. The zero-order chi connectivity index (χ0) is 22.7. The van der Waals surface area contributed by atoms with Crippen molar-refractivity contribution in [1.82, 2.24) is 9.80 Å². The third-order valence-corrected chi connectivity index (χ3v) is 6.43. The molecule has 0 bridgehead atoms. The SMILES string of the molecule is O=C(O)N1CCN(C2CCCCC2)CC1c1ccc(Oc2ccc(C(F)(F)F)cc2)cc1. The summed E-state index contributed by atoms with van der Waals surface area (Å²) in [5, 5.41) is 9.70. The van der Waals surface area contributed by atoms with E-state index in [1.807, 2.05) is 12.1 Å². The van der Waals surface area contributed by atoms with Crippen LogP contribution in [0, 0.1) is 0 Å². The van der Waals surface area contributed by atoms with Gasteiger partial charge in [-0.25, -0.2) is 4.79 Å². The Labute approximate surface area is 185 Å². The third kappa shape index (κ3) is 5.18. The molecule has 1 aliphatic carbocycles. The van der Waals surface area contributed by atoms with Crippen LogP contribution < -0.4 is 4.74 Å². The Balaban J connectivity index is 1.46. The van der Waals surface area contributed by atoms with Gasteiger partial charge >= 0.3 is 12.3 Å². The first-order valence-electron chi connectivity index (χ1n) is 11.0. The van der Waals surface area contributed by atoms with Crippen LogP contribution in [0.3, 0.4) is 0 Å². The van der Waals surface area contributed by atoms with Gasteiger partial charge in [0.15, 0.2) is 0 Å². The summed E-state index contributed by atoms with van der Waals surface area (Å²) in [6.07, 6.45) is 0.745. The first-order valence-corrected chi connectivity index (χ1v) is 11.0. The predicted octanol–water partition coefficient (Wildman–Crippen LogP) is 6.17. The van der Waals surface area contributed by atoms with Crippen molar-refractivity contribution in [3.05, 3.63) is 59.7 Å². The molecule has 2 aromatic rings. The molecule has 0 spiro atoms. The molecule has 32 heavy (non-hydrogen) atoms. The van der Waals surface area contributed by atoms with Crippen molar-refractivity contribution in [1.29, 1.82) is 0 Å². The highest BCUT2D eigenvalue weighted by Crippen LogP contribution is 2.33. The van der Waals surface area contributed by atoms with E-state index in [4.69, 9.17) is 4.74 Å². The number of ether oxygens (including phenoxy) is 1. The summed E-state index contributed by atoms with van der Waals surface area (Å²) in [5.41, 5.74) is 0.154. The highest BCUT2D eigenvalue weighted by atomic mass is 19.4. The van der Waals surface area contributed by atoms with Gasteiger partial charge in [-0.1, -0.05) is 31.4 Å². The van der Waals surface area contributed by atoms with E-state index in [2.05, 4.69) is 4.90 Å². The van der Waals surface area contributed by atoms with Crippen molar-refractivity contribution in [2.45, 2.75) is 50.4 Å². The van der Waals surface area contributed by atoms with E-state index < -0.39 is 17.8 Å². The van der Waals surface area contributed by atoms with Crippen LogP contribution >= 0.6 is 0 Å². The van der Waals surface area contributed by atoms with Crippen LogP contribution in [-0.2, 0) is 6.18 Å². The number of alkyl halides is 3. The van der Waals surface area contributed by atoms with Crippen molar-refractivity contribution >= 4 is 6.09 Å². The number of halogens is 3. The second-order valence-corrected chi connectivity index (χ2v) is 8.47. The lowest BCUT2D eigenvalue weighted by atomic mass is 9.92. The summed E-state index contributed by atoms with van der Waals surface area (Å²) in [4.78, 5) is 15.7. The maximum atomic E-state index is 12.7. The standard InChI is InChI=1S/C24H27F3N2O3/c25-24(26,27)18-8-12-21(13-9-18)32-20-10-6-17(7-11-20)22-16-28(14-15-29(22)23(30)31)19-4-2-1-3-5-19/h6-13,19,22H,1-5,14-16H2,(H,30,31). The molecule has 8 heteroatoms. The van der Waals surface area contributed by atoms with Crippen LogP contribution in [0.1, 0.15) is 49.3 Å². The lowest BCUT2D eigenvalue weighted by Gasteiger charge is -2.44. The largest absolute Gasteiger partial charge is 0.465 e. The van der Waals surface area contributed by atoms with Gasteiger partial charge < -0.3 is 9.84 Å². The topological polar surface area (TPSA) is 53.0 Å². The molecule has 0 radical (unpaired) electrons. The van der Waals surface area contributed by atoms with Crippen molar-refractivity contribution < 1.29 is 27.8 Å². The number of hydrogen-bond donors (Lipinski definition) is 1. The molecule has 1 aliphatic heterocycles. The Bertz CT molecular complexity index is 910. The van der Waals surface area contributed by atoms with E-state index in [1.54, 1.807) is 12.1 Å². The molecule has 1 saturated carbocycles. The Morgan fingerprint density at radius 3 is 2.06 bits per heavy atom. The molecular weight excluding hydrogens is 421 g/mol. The average Bonchev–Trinajstić information content (AvgIpc) is 2.79. The van der Waals surface area contributed by atoms with Crippen molar-refractivity contribution in [2.24, 2.45) is 0 Å². The second-order valence-electron chi connectivity index (χ2n) is 8.47. The molecule has 2 aromatic carbocycles. The van der Waals surface area contributed by atoms with Crippen LogP contribution in [0.4, 0.5) is 18.0 Å². The highest BCUT2D eigenvalue weighted by molar-refractivity contribution is 5.66. The van der Waals surface area contributed by atoms with Crippen molar-refractivity contribution in [2.75, 3.05) is 19.6 Å². The lowest BCUT2D eigenvalue weighted by molar-refractivity contribution is -0.137. The van der Waals surface area contributed by atoms with Crippen LogP contribution in [0.25, 0.3) is 0 Å². The molecule has 1 heterocycles. The third-order valence-electron chi connectivity index (χ3n) is 6.43. The summed E-state index contributed by atoms with van der Waals surface area (Å²) < 4.78 is 43.8.